The van der Waals surface area contributed by atoms with Crippen molar-refractivity contribution in [2.45, 2.75) is 32.4 Å². The fourth-order valence-electron chi connectivity index (χ4n) is 3.44. The SMILES string of the molecule is Nc1nc(CN2CCCC2)nc(N2CCc3ccccc3C2)n1. The minimum atomic E-state index is 0.322. The first kappa shape index (κ1) is 14.4. The highest BCUT2D eigenvalue weighted by Crippen LogP contribution is 2.22. The third-order valence-electron chi connectivity index (χ3n) is 4.66. The average Bonchev–Trinajstić information content (AvgIpc) is 3.07. The van der Waals surface area contributed by atoms with Crippen molar-refractivity contribution in [2.75, 3.05) is 30.3 Å². The lowest BCUT2D eigenvalue weighted by Crippen LogP contribution is -2.32. The molecule has 2 aromatic rings. The molecular weight excluding hydrogens is 288 g/mol. The van der Waals surface area contributed by atoms with E-state index in [-0.39, 0.29) is 0 Å². The van der Waals surface area contributed by atoms with Crippen molar-refractivity contribution >= 4 is 11.9 Å². The molecule has 4 rings (SSSR count). The number of fused-ring (bicyclic) bond motifs is 1. The van der Waals surface area contributed by atoms with E-state index in [1.807, 2.05) is 0 Å². The Kier molecular flexibility index (Phi) is 3.83. The highest BCUT2D eigenvalue weighted by Gasteiger charge is 2.20. The molecule has 6 nitrogen and oxygen atoms in total. The van der Waals surface area contributed by atoms with Crippen molar-refractivity contribution in [3.05, 3.63) is 41.2 Å². The van der Waals surface area contributed by atoms with Gasteiger partial charge in [-0.2, -0.15) is 15.0 Å². The van der Waals surface area contributed by atoms with Gasteiger partial charge in [0.15, 0.2) is 0 Å². The van der Waals surface area contributed by atoms with Crippen LogP contribution in [-0.4, -0.2) is 39.5 Å². The first-order valence-corrected chi connectivity index (χ1v) is 8.32. The molecule has 2 aliphatic heterocycles. The predicted molar refractivity (Wildman–Crippen MR) is 89.9 cm³/mol. The van der Waals surface area contributed by atoms with Gasteiger partial charge < -0.3 is 10.6 Å². The first-order chi connectivity index (χ1) is 11.3. The van der Waals surface area contributed by atoms with E-state index in [1.165, 1.54) is 24.0 Å². The van der Waals surface area contributed by atoms with Gasteiger partial charge in [-0.1, -0.05) is 24.3 Å². The Labute approximate surface area is 136 Å². The molecule has 0 aliphatic carbocycles. The zero-order chi connectivity index (χ0) is 15.6. The Morgan fingerprint density at radius 1 is 0.957 bits per heavy atom. The van der Waals surface area contributed by atoms with Gasteiger partial charge in [-0.15, -0.1) is 0 Å². The lowest BCUT2D eigenvalue weighted by Gasteiger charge is -2.29. The topological polar surface area (TPSA) is 71.2 Å². The number of benzene rings is 1. The standard InChI is InChI=1S/C17H22N6/c18-16-19-15(12-22-8-3-4-9-22)20-17(21-16)23-10-7-13-5-1-2-6-14(13)11-23/h1-2,5-6H,3-4,7-12H2,(H2,18,19,20,21). The Bertz CT molecular complexity index is 695. The van der Waals surface area contributed by atoms with E-state index < -0.39 is 0 Å². The molecular formula is C17H22N6. The summed E-state index contributed by atoms with van der Waals surface area (Å²) < 4.78 is 0. The van der Waals surface area contributed by atoms with Crippen LogP contribution in [0.5, 0.6) is 0 Å². The zero-order valence-electron chi connectivity index (χ0n) is 13.3. The van der Waals surface area contributed by atoms with Crippen LogP contribution in [0.3, 0.4) is 0 Å². The number of hydrogen-bond donors (Lipinski definition) is 1. The van der Waals surface area contributed by atoms with Crippen molar-refractivity contribution in [2.24, 2.45) is 0 Å². The van der Waals surface area contributed by atoms with Gasteiger partial charge in [0.1, 0.15) is 5.82 Å². The Morgan fingerprint density at radius 2 is 1.74 bits per heavy atom. The second-order valence-electron chi connectivity index (χ2n) is 6.33. The van der Waals surface area contributed by atoms with Crippen LogP contribution in [0.15, 0.2) is 24.3 Å². The van der Waals surface area contributed by atoms with Gasteiger partial charge >= 0.3 is 0 Å². The molecule has 1 aromatic carbocycles. The number of nitrogen functional groups attached to an aromatic ring is 1. The van der Waals surface area contributed by atoms with E-state index in [9.17, 15) is 0 Å². The largest absolute Gasteiger partial charge is 0.368 e. The molecule has 0 amide bonds. The Morgan fingerprint density at radius 3 is 2.57 bits per heavy atom. The van der Waals surface area contributed by atoms with Gasteiger partial charge in [0.05, 0.1) is 6.54 Å². The third kappa shape index (κ3) is 3.12. The van der Waals surface area contributed by atoms with E-state index in [2.05, 4.69) is 49.0 Å². The van der Waals surface area contributed by atoms with Crippen LogP contribution >= 0.6 is 0 Å². The molecule has 1 aromatic heterocycles. The fraction of sp³-hybridized carbons (Fsp3) is 0.471. The number of anilines is 2. The number of nitrogens with zero attached hydrogens (tertiary/aromatic N) is 5. The molecule has 0 spiro atoms. The maximum absolute atomic E-state index is 5.93. The molecule has 23 heavy (non-hydrogen) atoms. The molecule has 0 radical (unpaired) electrons. The summed E-state index contributed by atoms with van der Waals surface area (Å²) in [6.07, 6.45) is 3.54. The summed E-state index contributed by atoms with van der Waals surface area (Å²) in [4.78, 5) is 17.9. The number of hydrogen-bond acceptors (Lipinski definition) is 6. The normalized spacial score (nSPS) is 18.2. The quantitative estimate of drug-likeness (QED) is 0.929. The van der Waals surface area contributed by atoms with Crippen LogP contribution in [-0.2, 0) is 19.5 Å². The van der Waals surface area contributed by atoms with Crippen LogP contribution in [0.1, 0.15) is 29.8 Å². The lowest BCUT2D eigenvalue weighted by molar-refractivity contribution is 0.322. The number of aromatic nitrogens is 3. The van der Waals surface area contributed by atoms with Crippen molar-refractivity contribution in [3.63, 3.8) is 0 Å². The van der Waals surface area contributed by atoms with Crippen LogP contribution in [0.4, 0.5) is 11.9 Å². The van der Waals surface area contributed by atoms with Gasteiger partial charge in [0.2, 0.25) is 11.9 Å². The first-order valence-electron chi connectivity index (χ1n) is 8.32. The minimum absolute atomic E-state index is 0.322. The summed E-state index contributed by atoms with van der Waals surface area (Å²) in [5.74, 6) is 1.82. The highest BCUT2D eigenvalue weighted by atomic mass is 15.3. The number of nitrogens with two attached hydrogens (primary N) is 1. The van der Waals surface area contributed by atoms with Crippen molar-refractivity contribution in [3.8, 4) is 0 Å². The third-order valence-corrected chi connectivity index (χ3v) is 4.66. The Hall–Kier alpha value is -2.21. The molecule has 6 heteroatoms. The summed E-state index contributed by atoms with van der Waals surface area (Å²) in [7, 11) is 0. The summed E-state index contributed by atoms with van der Waals surface area (Å²) in [5.41, 5.74) is 8.69. The van der Waals surface area contributed by atoms with Crippen LogP contribution < -0.4 is 10.6 Å². The van der Waals surface area contributed by atoms with E-state index in [1.54, 1.807) is 0 Å². The molecule has 2 N–H and O–H groups in total. The van der Waals surface area contributed by atoms with E-state index >= 15 is 0 Å². The van der Waals surface area contributed by atoms with Crippen molar-refractivity contribution in [1.29, 1.82) is 0 Å². The molecule has 0 saturated carbocycles. The average molecular weight is 310 g/mol. The molecule has 0 unspecified atom stereocenters. The lowest BCUT2D eigenvalue weighted by atomic mass is 10.0. The van der Waals surface area contributed by atoms with Crippen molar-refractivity contribution in [1.82, 2.24) is 19.9 Å². The molecule has 0 bridgehead atoms. The number of likely N-dealkylation sites (tertiary alicyclic amines) is 1. The maximum Gasteiger partial charge on any atom is 0.230 e. The molecule has 120 valence electrons. The second kappa shape index (κ2) is 6.12. The van der Waals surface area contributed by atoms with Gasteiger partial charge in [0.25, 0.3) is 0 Å². The zero-order valence-corrected chi connectivity index (χ0v) is 13.3. The second-order valence-corrected chi connectivity index (χ2v) is 6.33. The number of rotatable bonds is 3. The fourth-order valence-corrected chi connectivity index (χ4v) is 3.44. The summed E-state index contributed by atoms with van der Waals surface area (Å²) in [6, 6.07) is 8.57. The van der Waals surface area contributed by atoms with E-state index in [4.69, 9.17) is 5.73 Å². The predicted octanol–water partition coefficient (Wildman–Crippen LogP) is 1.61. The molecule has 2 aliphatic rings. The molecule has 3 heterocycles. The van der Waals surface area contributed by atoms with E-state index in [0.29, 0.717) is 11.9 Å². The van der Waals surface area contributed by atoms with Crippen molar-refractivity contribution < 1.29 is 0 Å². The van der Waals surface area contributed by atoms with Gasteiger partial charge in [-0.25, -0.2) is 0 Å². The summed E-state index contributed by atoms with van der Waals surface area (Å²) >= 11 is 0. The van der Waals surface area contributed by atoms with Crippen LogP contribution in [0.2, 0.25) is 0 Å². The van der Waals surface area contributed by atoms with Gasteiger partial charge in [-0.05, 0) is 43.5 Å². The van der Waals surface area contributed by atoms with Gasteiger partial charge in [0, 0.05) is 13.1 Å². The van der Waals surface area contributed by atoms with Gasteiger partial charge in [-0.3, -0.25) is 4.90 Å². The summed E-state index contributed by atoms with van der Waals surface area (Å²) in [6.45, 7) is 4.77. The monoisotopic (exact) mass is 310 g/mol. The van der Waals surface area contributed by atoms with E-state index in [0.717, 1.165) is 45.0 Å². The smallest absolute Gasteiger partial charge is 0.230 e. The molecule has 1 fully saturated rings. The van der Waals surface area contributed by atoms with Crippen LogP contribution in [0, 0.1) is 0 Å². The van der Waals surface area contributed by atoms with Crippen LogP contribution in [0.25, 0.3) is 0 Å². The summed E-state index contributed by atoms with van der Waals surface area (Å²) in [5, 5.41) is 0. The maximum atomic E-state index is 5.93. The highest BCUT2D eigenvalue weighted by molar-refractivity contribution is 5.41. The minimum Gasteiger partial charge on any atom is -0.368 e. The molecule has 0 atom stereocenters. The Balaban J connectivity index is 1.55. The molecule has 1 saturated heterocycles.